The van der Waals surface area contributed by atoms with E-state index in [4.69, 9.17) is 0 Å². The molecule has 0 aliphatic heterocycles. The summed E-state index contributed by atoms with van der Waals surface area (Å²) in [4.78, 5) is 11.2. The van der Waals surface area contributed by atoms with E-state index >= 15 is 0 Å². The summed E-state index contributed by atoms with van der Waals surface area (Å²) in [7, 11) is 0. The second kappa shape index (κ2) is 7.96. The van der Waals surface area contributed by atoms with Crippen LogP contribution in [-0.4, -0.2) is 33.8 Å². The van der Waals surface area contributed by atoms with Gasteiger partial charge in [-0.25, -0.2) is 0 Å². The molecule has 2 unspecified atom stereocenters. The molecular weight excluding hydrogens is 268 g/mol. The molecule has 1 rings (SSSR count). The molecule has 0 fully saturated rings. The van der Waals surface area contributed by atoms with Crippen molar-refractivity contribution < 1.29 is 20.1 Å². The lowest BCUT2D eigenvalue weighted by molar-refractivity contribution is 0.0264. The summed E-state index contributed by atoms with van der Waals surface area (Å²) >= 11 is 0. The molecule has 1 aromatic carbocycles. The number of hydrogen-bond acceptors (Lipinski definition) is 4. The van der Waals surface area contributed by atoms with Gasteiger partial charge in [-0.1, -0.05) is 17.7 Å². The molecule has 4 nitrogen and oxygen atoms in total. The zero-order valence-corrected chi connectivity index (χ0v) is 12.8. The van der Waals surface area contributed by atoms with E-state index in [-0.39, 0.29) is 11.3 Å². The van der Waals surface area contributed by atoms with Gasteiger partial charge in [0.25, 0.3) is 0 Å². The third-order valence-electron chi connectivity index (χ3n) is 3.53. The third-order valence-corrected chi connectivity index (χ3v) is 3.53. The highest BCUT2D eigenvalue weighted by atomic mass is 16.3. The molecule has 0 heterocycles. The van der Waals surface area contributed by atoms with Crippen LogP contribution in [0.2, 0.25) is 0 Å². The molecule has 0 aromatic heterocycles. The van der Waals surface area contributed by atoms with Gasteiger partial charge in [-0.15, -0.1) is 0 Å². The summed E-state index contributed by atoms with van der Waals surface area (Å²) in [5.41, 5.74) is 3.13. The highest BCUT2D eigenvalue weighted by molar-refractivity contribution is 5.82. The fraction of sp³-hybridized carbons (Fsp3) is 0.471. The molecule has 0 saturated heterocycles. The summed E-state index contributed by atoms with van der Waals surface area (Å²) in [6.45, 7) is 5.52. The molecule has 0 saturated carbocycles. The van der Waals surface area contributed by atoms with Crippen LogP contribution in [0.3, 0.4) is 0 Å². The van der Waals surface area contributed by atoms with Crippen molar-refractivity contribution >= 4 is 6.29 Å². The van der Waals surface area contributed by atoms with Crippen molar-refractivity contribution in [3.8, 4) is 5.75 Å². The van der Waals surface area contributed by atoms with Crippen molar-refractivity contribution in [1.82, 2.24) is 0 Å². The van der Waals surface area contributed by atoms with Gasteiger partial charge >= 0.3 is 0 Å². The number of allylic oxidation sites excluding steroid dienone is 2. The number of carbonyl (C=O) groups is 1. The van der Waals surface area contributed by atoms with E-state index in [1.165, 1.54) is 18.6 Å². The fourth-order valence-electron chi connectivity index (χ4n) is 2.16. The van der Waals surface area contributed by atoms with Gasteiger partial charge in [0.1, 0.15) is 5.75 Å². The number of carbonyl (C=O) groups excluding carboxylic acids is 1. The van der Waals surface area contributed by atoms with Gasteiger partial charge in [-0.2, -0.15) is 0 Å². The average molecular weight is 292 g/mol. The van der Waals surface area contributed by atoms with Crippen molar-refractivity contribution in [3.05, 3.63) is 40.5 Å². The van der Waals surface area contributed by atoms with Crippen LogP contribution >= 0.6 is 0 Å². The maximum atomic E-state index is 11.2. The summed E-state index contributed by atoms with van der Waals surface area (Å²) < 4.78 is 0. The van der Waals surface area contributed by atoms with E-state index < -0.39 is 12.2 Å². The molecule has 0 spiro atoms. The first kappa shape index (κ1) is 17.4. The van der Waals surface area contributed by atoms with Crippen LogP contribution in [0.15, 0.2) is 23.8 Å². The summed E-state index contributed by atoms with van der Waals surface area (Å²) in [5, 5.41) is 28.9. The Morgan fingerprint density at radius 1 is 1.29 bits per heavy atom. The van der Waals surface area contributed by atoms with E-state index in [2.05, 4.69) is 6.08 Å². The van der Waals surface area contributed by atoms with Crippen LogP contribution in [0.4, 0.5) is 0 Å². The van der Waals surface area contributed by atoms with Crippen LogP contribution in [-0.2, 0) is 12.8 Å². The molecule has 0 amide bonds. The number of phenols is 1. The Hall–Kier alpha value is -1.65. The number of aliphatic hydroxyl groups is 2. The first-order valence-corrected chi connectivity index (χ1v) is 7.15. The Morgan fingerprint density at radius 3 is 2.48 bits per heavy atom. The number of aliphatic hydroxyl groups excluding tert-OH is 2. The van der Waals surface area contributed by atoms with Gasteiger partial charge in [0.15, 0.2) is 6.29 Å². The van der Waals surface area contributed by atoms with Gasteiger partial charge < -0.3 is 15.3 Å². The molecule has 0 radical (unpaired) electrons. The predicted molar refractivity (Wildman–Crippen MR) is 82.6 cm³/mol. The summed E-state index contributed by atoms with van der Waals surface area (Å²) in [6.07, 6.45) is 2.47. The molecule has 116 valence electrons. The van der Waals surface area contributed by atoms with E-state index in [0.717, 1.165) is 11.1 Å². The smallest absolute Gasteiger partial charge is 0.154 e. The van der Waals surface area contributed by atoms with Crippen LogP contribution in [0.25, 0.3) is 0 Å². The van der Waals surface area contributed by atoms with E-state index in [1.807, 2.05) is 13.8 Å². The van der Waals surface area contributed by atoms with Crippen LogP contribution in [0, 0.1) is 0 Å². The Balaban J connectivity index is 3.08. The lowest BCUT2D eigenvalue weighted by atomic mass is 9.92. The maximum Gasteiger partial charge on any atom is 0.154 e. The lowest BCUT2D eigenvalue weighted by Crippen LogP contribution is -2.23. The first-order chi connectivity index (χ1) is 9.86. The molecule has 1 aromatic rings. The normalized spacial score (nSPS) is 13.6. The third kappa shape index (κ3) is 4.99. The average Bonchev–Trinajstić information content (AvgIpc) is 2.43. The minimum absolute atomic E-state index is 0.0486. The summed E-state index contributed by atoms with van der Waals surface area (Å²) in [5.74, 6) is -0.0486. The Kier molecular flexibility index (Phi) is 6.59. The molecule has 4 heteroatoms. The van der Waals surface area contributed by atoms with Gasteiger partial charge in [0.05, 0.1) is 17.8 Å². The second-order valence-electron chi connectivity index (χ2n) is 5.59. The number of hydrogen-bond donors (Lipinski definition) is 3. The molecule has 0 bridgehead atoms. The largest absolute Gasteiger partial charge is 0.507 e. The van der Waals surface area contributed by atoms with E-state index in [1.54, 1.807) is 6.07 Å². The zero-order chi connectivity index (χ0) is 16.0. The first-order valence-electron chi connectivity index (χ1n) is 7.15. The van der Waals surface area contributed by atoms with Crippen molar-refractivity contribution in [2.75, 3.05) is 0 Å². The fourth-order valence-corrected chi connectivity index (χ4v) is 2.16. The minimum atomic E-state index is -0.844. The van der Waals surface area contributed by atoms with Crippen LogP contribution in [0.1, 0.15) is 48.7 Å². The van der Waals surface area contributed by atoms with E-state index in [0.29, 0.717) is 25.5 Å². The van der Waals surface area contributed by atoms with E-state index in [9.17, 15) is 20.1 Å². The molecule has 21 heavy (non-hydrogen) atoms. The monoisotopic (exact) mass is 292 g/mol. The standard InChI is InChI=1S/C17H24O4/c1-11(2)4-5-13-6-8-17(21)15(10-18)14(13)7-9-16(20)12(3)19/h4,6,8,10,12,16,19-21H,5,7,9H2,1-3H3. The highest BCUT2D eigenvalue weighted by Gasteiger charge is 2.16. The van der Waals surface area contributed by atoms with Crippen LogP contribution in [0.5, 0.6) is 5.75 Å². The highest BCUT2D eigenvalue weighted by Crippen LogP contribution is 2.26. The number of rotatable bonds is 7. The molecular formula is C17H24O4. The second-order valence-corrected chi connectivity index (χ2v) is 5.59. The number of aromatic hydroxyl groups is 1. The van der Waals surface area contributed by atoms with Gasteiger partial charge in [0.2, 0.25) is 0 Å². The van der Waals surface area contributed by atoms with Crippen molar-refractivity contribution in [2.45, 2.75) is 52.2 Å². The molecule has 0 aliphatic carbocycles. The number of phenolic OH excluding ortho intramolecular Hbond substituents is 1. The molecule has 3 N–H and O–H groups in total. The number of benzene rings is 1. The van der Waals surface area contributed by atoms with Gasteiger partial charge in [-0.3, -0.25) is 4.79 Å². The Labute approximate surface area is 125 Å². The lowest BCUT2D eigenvalue weighted by Gasteiger charge is -2.16. The number of aldehydes is 1. The van der Waals surface area contributed by atoms with Crippen molar-refractivity contribution in [3.63, 3.8) is 0 Å². The predicted octanol–water partition coefficient (Wildman–Crippen LogP) is 2.39. The Morgan fingerprint density at radius 2 is 1.95 bits per heavy atom. The molecule has 2 atom stereocenters. The maximum absolute atomic E-state index is 11.2. The summed E-state index contributed by atoms with van der Waals surface area (Å²) in [6, 6.07) is 3.32. The quantitative estimate of drug-likeness (QED) is 0.532. The SMILES string of the molecule is CC(C)=CCc1ccc(O)c(C=O)c1CCC(O)C(C)O. The topological polar surface area (TPSA) is 77.8 Å². The minimum Gasteiger partial charge on any atom is -0.507 e. The van der Waals surface area contributed by atoms with Crippen molar-refractivity contribution in [2.24, 2.45) is 0 Å². The van der Waals surface area contributed by atoms with Crippen molar-refractivity contribution in [1.29, 1.82) is 0 Å². The Bertz CT molecular complexity index is 514. The zero-order valence-electron chi connectivity index (χ0n) is 12.8. The molecule has 0 aliphatic rings. The van der Waals surface area contributed by atoms with Gasteiger partial charge in [0, 0.05) is 0 Å². The van der Waals surface area contributed by atoms with Crippen LogP contribution < -0.4 is 0 Å². The van der Waals surface area contributed by atoms with Gasteiger partial charge in [-0.05, 0) is 57.2 Å².